The first kappa shape index (κ1) is 12.4. The molecule has 0 aliphatic rings. The Kier molecular flexibility index (Phi) is 5.90. The predicted octanol–water partition coefficient (Wildman–Crippen LogP) is 1.85. The highest BCUT2D eigenvalue weighted by atomic mass is 16.2. The highest BCUT2D eigenvalue weighted by molar-refractivity contribution is 5.73. The summed E-state index contributed by atoms with van der Waals surface area (Å²) in [6.07, 6.45) is 3.02. The first-order valence-corrected chi connectivity index (χ1v) is 6.03. The molecule has 0 fully saturated rings. The molecule has 0 aromatic rings. The maximum Gasteiger partial charge on any atom is 0.216 e. The maximum absolute atomic E-state index is 11.1. The van der Waals surface area contributed by atoms with Gasteiger partial charge in [0.1, 0.15) is 0 Å². The second-order valence-corrected chi connectivity index (χ2v) is 4.53. The van der Waals surface area contributed by atoms with Gasteiger partial charge in [-0.05, 0) is 12.8 Å². The van der Waals surface area contributed by atoms with E-state index in [1.54, 1.807) is 0 Å². The second kappa shape index (κ2) is 8.09. The minimum absolute atomic E-state index is 0.0936. The lowest BCUT2D eigenvalue weighted by Gasteiger charge is -2.33. The van der Waals surface area contributed by atoms with Crippen LogP contribution >= 0.6 is 0 Å². The van der Waals surface area contributed by atoms with Crippen molar-refractivity contribution in [3.63, 3.8) is 0 Å². The van der Waals surface area contributed by atoms with E-state index in [1.165, 1.54) is 13.8 Å². The van der Waals surface area contributed by atoms with Crippen molar-refractivity contribution in [2.45, 2.75) is 53.3 Å². The Balaban J connectivity index is 4.71. The van der Waals surface area contributed by atoms with Crippen molar-refractivity contribution in [2.24, 2.45) is 5.41 Å². The molecule has 2 N–H and O–H groups in total. The van der Waals surface area contributed by atoms with Gasteiger partial charge in [0, 0.05) is 35.1 Å². The molecule has 0 aliphatic carbocycles. The predicted molar refractivity (Wildman–Crippen MR) is 69.6 cm³/mol. The minimum atomic E-state index is -0.237. The fraction of sp³-hybridized carbons (Fsp3) is 0.846. The molecular weight excluding hydrogens is 216 g/mol. The van der Waals surface area contributed by atoms with Crippen LogP contribution in [-0.2, 0) is 9.59 Å². The lowest BCUT2D eigenvalue weighted by molar-refractivity contribution is -0.119. The Hall–Kier alpha value is -1.06. The van der Waals surface area contributed by atoms with Crippen LogP contribution in [-0.4, -0.2) is 24.9 Å². The van der Waals surface area contributed by atoms with Gasteiger partial charge in [0.15, 0.2) is 0 Å². The fourth-order valence-corrected chi connectivity index (χ4v) is 1.91. The molecule has 0 unspecified atom stereocenters. The van der Waals surface area contributed by atoms with E-state index < -0.39 is 0 Å². The van der Waals surface area contributed by atoms with Crippen LogP contribution in [0.15, 0.2) is 0 Å². The summed E-state index contributed by atoms with van der Waals surface area (Å²) in [4.78, 5) is 22.2. The van der Waals surface area contributed by atoms with E-state index in [0.717, 1.165) is 25.7 Å². The van der Waals surface area contributed by atoms with Gasteiger partial charge >= 0.3 is 0 Å². The lowest BCUT2D eigenvalue weighted by atomic mass is 9.79. The van der Waals surface area contributed by atoms with Crippen molar-refractivity contribution in [2.75, 3.05) is 13.1 Å². The monoisotopic (exact) mass is 246 g/mol. The van der Waals surface area contributed by atoms with Gasteiger partial charge in [0.2, 0.25) is 11.8 Å². The largest absolute Gasteiger partial charge is 0.356 e. The molecule has 0 saturated heterocycles. The van der Waals surface area contributed by atoms with Crippen molar-refractivity contribution in [1.82, 2.24) is 10.6 Å². The molecule has 0 rings (SSSR count). The summed E-state index contributed by atoms with van der Waals surface area (Å²) in [7, 11) is 0. The van der Waals surface area contributed by atoms with Gasteiger partial charge in [0.25, 0.3) is 0 Å². The van der Waals surface area contributed by atoms with Gasteiger partial charge in [-0.15, -0.1) is 0 Å². The first-order chi connectivity index (χ1) is 8.95. The van der Waals surface area contributed by atoms with E-state index >= 15 is 0 Å². The number of carbonyl (C=O) groups is 2. The lowest BCUT2D eigenvalue weighted by Crippen LogP contribution is -2.44. The number of rotatable bonds is 8. The maximum atomic E-state index is 11.1. The van der Waals surface area contributed by atoms with Gasteiger partial charge in [-0.1, -0.05) is 26.6 Å². The molecule has 0 radical (unpaired) electrons. The molecule has 0 bridgehead atoms. The van der Waals surface area contributed by atoms with E-state index in [4.69, 9.17) is 2.74 Å². The van der Waals surface area contributed by atoms with Crippen LogP contribution in [0.5, 0.6) is 0 Å². The van der Waals surface area contributed by atoms with Crippen LogP contribution in [0.1, 0.15) is 56.1 Å². The molecule has 0 aromatic carbocycles. The number of hydrogen-bond donors (Lipinski definition) is 2. The molecule has 4 nitrogen and oxygen atoms in total. The van der Waals surface area contributed by atoms with Crippen LogP contribution in [0.2, 0.25) is 0 Å². The van der Waals surface area contributed by atoms with Gasteiger partial charge in [-0.2, -0.15) is 0 Å². The van der Waals surface area contributed by atoms with Crippen molar-refractivity contribution in [3.8, 4) is 0 Å². The molecule has 17 heavy (non-hydrogen) atoms. The van der Waals surface area contributed by atoms with E-state index in [-0.39, 0.29) is 17.2 Å². The standard InChI is InChI=1S/C13H26N2O2/c1-5-7-13(8-6-2,9-14-11(3)16)10-15-12(4)17/h5-10H2,1-4H3,(H,14,16)(H,15,17)/i1T,2T. The smallest absolute Gasteiger partial charge is 0.216 e. The molecule has 4 heteroatoms. The van der Waals surface area contributed by atoms with Crippen molar-refractivity contribution in [1.29, 1.82) is 0 Å². The summed E-state index contributed by atoms with van der Waals surface area (Å²) in [6.45, 7) is 4.59. The normalized spacial score (nSPS) is 12.6. The molecule has 0 aliphatic heterocycles. The van der Waals surface area contributed by atoms with E-state index in [9.17, 15) is 9.59 Å². The molecule has 0 atom stereocenters. The van der Waals surface area contributed by atoms with Crippen LogP contribution in [0.3, 0.4) is 0 Å². The molecule has 0 heterocycles. The van der Waals surface area contributed by atoms with Crippen molar-refractivity contribution < 1.29 is 12.3 Å². The van der Waals surface area contributed by atoms with Gasteiger partial charge in [0.05, 0.1) is 0 Å². The summed E-state index contributed by atoms with van der Waals surface area (Å²) in [5.41, 5.74) is -0.237. The Morgan fingerprint density at radius 1 is 1.00 bits per heavy atom. The Morgan fingerprint density at radius 2 is 1.41 bits per heavy atom. The Morgan fingerprint density at radius 3 is 1.71 bits per heavy atom. The number of nitrogens with one attached hydrogen (secondary N) is 2. The number of carbonyl (C=O) groups excluding carboxylic acids is 2. The summed E-state index contributed by atoms with van der Waals surface area (Å²) in [6, 6.07) is 0. The Labute approximate surface area is 107 Å². The zero-order valence-corrected chi connectivity index (χ0v) is 11.0. The number of hydrogen-bond acceptors (Lipinski definition) is 2. The molecule has 100 valence electrons. The third kappa shape index (κ3) is 6.97. The van der Waals surface area contributed by atoms with Crippen LogP contribution in [0.25, 0.3) is 0 Å². The van der Waals surface area contributed by atoms with Crippen LogP contribution < -0.4 is 10.6 Å². The molecule has 0 spiro atoms. The summed E-state index contributed by atoms with van der Waals surface area (Å²) in [5.74, 6) is -0.187. The van der Waals surface area contributed by atoms with Gasteiger partial charge in [-0.25, -0.2) is 0 Å². The highest BCUT2D eigenvalue weighted by Gasteiger charge is 2.28. The molecule has 0 saturated carbocycles. The average molecular weight is 246 g/mol. The molecular formula is C13H26N2O2. The van der Waals surface area contributed by atoms with Crippen molar-refractivity contribution >= 4 is 11.8 Å². The van der Waals surface area contributed by atoms with Gasteiger partial charge < -0.3 is 10.6 Å². The second-order valence-electron chi connectivity index (χ2n) is 4.53. The SMILES string of the molecule is [3H]CCCC(CCC[3H])(CNC(C)=O)CNC(C)=O. The Bertz CT molecular complexity index is 258. The summed E-state index contributed by atoms with van der Waals surface area (Å²) < 4.78 is 14.6. The third-order valence-corrected chi connectivity index (χ3v) is 2.84. The highest BCUT2D eigenvalue weighted by Crippen LogP contribution is 2.28. The summed E-state index contributed by atoms with van der Waals surface area (Å²) >= 11 is 0. The van der Waals surface area contributed by atoms with Crippen LogP contribution in [0.4, 0.5) is 0 Å². The van der Waals surface area contributed by atoms with E-state index in [1.807, 2.05) is 0 Å². The quantitative estimate of drug-likeness (QED) is 0.686. The first-order valence-electron chi connectivity index (χ1n) is 7.44. The molecule has 0 aromatic heterocycles. The van der Waals surface area contributed by atoms with E-state index in [2.05, 4.69) is 10.6 Å². The average Bonchev–Trinajstić information content (AvgIpc) is 2.37. The van der Waals surface area contributed by atoms with Crippen LogP contribution in [0, 0.1) is 5.41 Å². The van der Waals surface area contributed by atoms with Crippen molar-refractivity contribution in [3.05, 3.63) is 0 Å². The zero-order valence-electron chi connectivity index (χ0n) is 13.0. The topological polar surface area (TPSA) is 58.2 Å². The zero-order chi connectivity index (χ0) is 14.7. The molecule has 2 amide bonds. The number of amides is 2. The summed E-state index contributed by atoms with van der Waals surface area (Å²) in [5, 5.41) is 5.63. The third-order valence-electron chi connectivity index (χ3n) is 2.84. The van der Waals surface area contributed by atoms with E-state index in [0.29, 0.717) is 26.9 Å². The minimum Gasteiger partial charge on any atom is -0.356 e. The fourth-order valence-electron chi connectivity index (χ4n) is 1.91. The van der Waals surface area contributed by atoms with Gasteiger partial charge in [-0.3, -0.25) is 9.59 Å².